The summed E-state index contributed by atoms with van der Waals surface area (Å²) >= 11 is 0. The highest BCUT2D eigenvalue weighted by molar-refractivity contribution is 5.87. The number of ether oxygens (including phenoxy) is 1. The number of hydrogen-bond acceptors (Lipinski definition) is 3. The molecule has 0 aliphatic heterocycles. The van der Waals surface area contributed by atoms with Gasteiger partial charge in [-0.3, -0.25) is 9.59 Å². The highest BCUT2D eigenvalue weighted by atomic mass is 16.5. The molecule has 0 aliphatic rings. The van der Waals surface area contributed by atoms with Gasteiger partial charge in [0.05, 0.1) is 12.6 Å². The van der Waals surface area contributed by atoms with E-state index in [1.54, 1.807) is 13.2 Å². The SMILES string of the molecule is COc1cc(C)cc2cc(CC(C)=O)c(=O)[nH]c12. The summed E-state index contributed by atoms with van der Waals surface area (Å²) in [6.07, 6.45) is 0.154. The van der Waals surface area contributed by atoms with Gasteiger partial charge in [0.1, 0.15) is 11.5 Å². The maximum atomic E-state index is 11.9. The maximum Gasteiger partial charge on any atom is 0.252 e. The molecule has 0 bridgehead atoms. The third-order valence-corrected chi connectivity index (χ3v) is 2.80. The molecule has 0 spiro atoms. The topological polar surface area (TPSA) is 59.2 Å². The van der Waals surface area contributed by atoms with Crippen molar-refractivity contribution in [3.8, 4) is 5.75 Å². The summed E-state index contributed by atoms with van der Waals surface area (Å²) in [5.74, 6) is 0.607. The number of pyridine rings is 1. The van der Waals surface area contributed by atoms with Crippen molar-refractivity contribution in [1.82, 2.24) is 4.98 Å². The molecule has 94 valence electrons. The summed E-state index contributed by atoms with van der Waals surface area (Å²) in [6.45, 7) is 3.43. The number of Topliss-reactive ketones (excluding diaryl/α,β-unsaturated/α-hetero) is 1. The number of nitrogens with one attached hydrogen (secondary N) is 1. The molecule has 4 heteroatoms. The van der Waals surface area contributed by atoms with Gasteiger partial charge in [0, 0.05) is 17.4 Å². The maximum absolute atomic E-state index is 11.9. The van der Waals surface area contributed by atoms with E-state index in [4.69, 9.17) is 4.74 Å². The van der Waals surface area contributed by atoms with Gasteiger partial charge in [-0.25, -0.2) is 0 Å². The van der Waals surface area contributed by atoms with Crippen LogP contribution in [0, 0.1) is 6.92 Å². The number of carbonyl (C=O) groups is 1. The Hall–Kier alpha value is -2.10. The van der Waals surface area contributed by atoms with Gasteiger partial charge in [-0.2, -0.15) is 0 Å². The lowest BCUT2D eigenvalue weighted by molar-refractivity contribution is -0.116. The summed E-state index contributed by atoms with van der Waals surface area (Å²) in [6, 6.07) is 5.57. The predicted molar refractivity (Wildman–Crippen MR) is 70.2 cm³/mol. The normalized spacial score (nSPS) is 10.6. The van der Waals surface area contributed by atoms with Crippen molar-refractivity contribution in [2.24, 2.45) is 0 Å². The van der Waals surface area contributed by atoms with Crippen LogP contribution in [-0.2, 0) is 11.2 Å². The molecular weight excluding hydrogens is 230 g/mol. The molecule has 1 aromatic heterocycles. The minimum atomic E-state index is -0.236. The zero-order valence-electron chi connectivity index (χ0n) is 10.7. The van der Waals surface area contributed by atoms with E-state index in [0.29, 0.717) is 16.8 Å². The Morgan fingerprint density at radius 2 is 2.06 bits per heavy atom. The van der Waals surface area contributed by atoms with Gasteiger partial charge in [-0.05, 0) is 37.6 Å². The van der Waals surface area contributed by atoms with Crippen LogP contribution in [0.25, 0.3) is 10.9 Å². The number of H-pyrrole nitrogens is 1. The number of benzene rings is 1. The molecule has 0 aliphatic carbocycles. The van der Waals surface area contributed by atoms with E-state index in [0.717, 1.165) is 10.9 Å². The van der Waals surface area contributed by atoms with E-state index in [2.05, 4.69) is 4.98 Å². The molecule has 18 heavy (non-hydrogen) atoms. The van der Waals surface area contributed by atoms with Crippen LogP contribution in [0.5, 0.6) is 5.75 Å². The second-order valence-corrected chi connectivity index (χ2v) is 4.43. The molecule has 0 saturated heterocycles. The van der Waals surface area contributed by atoms with Crippen molar-refractivity contribution in [2.75, 3.05) is 7.11 Å². The first-order valence-electron chi connectivity index (χ1n) is 5.71. The first-order chi connectivity index (χ1) is 8.51. The van der Waals surface area contributed by atoms with E-state index in [1.165, 1.54) is 6.92 Å². The highest BCUT2D eigenvalue weighted by Gasteiger charge is 2.09. The van der Waals surface area contributed by atoms with Crippen molar-refractivity contribution in [3.63, 3.8) is 0 Å². The van der Waals surface area contributed by atoms with Crippen LogP contribution in [0.4, 0.5) is 0 Å². The third-order valence-electron chi connectivity index (χ3n) is 2.80. The van der Waals surface area contributed by atoms with Gasteiger partial charge in [-0.15, -0.1) is 0 Å². The van der Waals surface area contributed by atoms with Gasteiger partial charge < -0.3 is 9.72 Å². The monoisotopic (exact) mass is 245 g/mol. The largest absolute Gasteiger partial charge is 0.495 e. The quantitative estimate of drug-likeness (QED) is 0.899. The molecule has 0 saturated carbocycles. The van der Waals surface area contributed by atoms with E-state index in [9.17, 15) is 9.59 Å². The van der Waals surface area contributed by atoms with E-state index < -0.39 is 0 Å². The van der Waals surface area contributed by atoms with Crippen LogP contribution in [-0.4, -0.2) is 17.9 Å². The number of hydrogen-bond donors (Lipinski definition) is 1. The fourth-order valence-electron chi connectivity index (χ4n) is 2.04. The van der Waals surface area contributed by atoms with Gasteiger partial charge in [0.2, 0.25) is 0 Å². The summed E-state index contributed by atoms with van der Waals surface area (Å²) in [4.78, 5) is 25.8. The molecule has 1 N–H and O–H groups in total. The van der Waals surface area contributed by atoms with E-state index in [-0.39, 0.29) is 17.8 Å². The minimum absolute atomic E-state index is 0.0283. The third kappa shape index (κ3) is 2.27. The number of aromatic amines is 1. The first-order valence-corrected chi connectivity index (χ1v) is 5.71. The molecule has 4 nitrogen and oxygen atoms in total. The Balaban J connectivity index is 2.71. The highest BCUT2D eigenvalue weighted by Crippen LogP contribution is 2.24. The van der Waals surface area contributed by atoms with Crippen LogP contribution < -0.4 is 10.3 Å². The van der Waals surface area contributed by atoms with Crippen molar-refractivity contribution >= 4 is 16.7 Å². The van der Waals surface area contributed by atoms with Gasteiger partial charge in [-0.1, -0.05) is 0 Å². The Labute approximate surface area is 105 Å². The lowest BCUT2D eigenvalue weighted by Gasteiger charge is -2.08. The van der Waals surface area contributed by atoms with Crippen molar-refractivity contribution in [3.05, 3.63) is 39.7 Å². The van der Waals surface area contributed by atoms with Crippen molar-refractivity contribution in [2.45, 2.75) is 20.3 Å². The molecular formula is C14H15NO3. The molecule has 0 radical (unpaired) electrons. The fourth-order valence-corrected chi connectivity index (χ4v) is 2.04. The lowest BCUT2D eigenvalue weighted by atomic mass is 10.1. The average molecular weight is 245 g/mol. The summed E-state index contributed by atoms with van der Waals surface area (Å²) in [5.41, 5.74) is 1.96. The zero-order valence-corrected chi connectivity index (χ0v) is 10.7. The first kappa shape index (κ1) is 12.4. The molecule has 2 aromatic rings. The van der Waals surface area contributed by atoms with Crippen LogP contribution in [0.3, 0.4) is 0 Å². The van der Waals surface area contributed by atoms with E-state index >= 15 is 0 Å². The van der Waals surface area contributed by atoms with Gasteiger partial charge in [0.15, 0.2) is 0 Å². The fraction of sp³-hybridized carbons (Fsp3) is 0.286. The van der Waals surface area contributed by atoms with Crippen LogP contribution >= 0.6 is 0 Å². The number of aromatic nitrogens is 1. The van der Waals surface area contributed by atoms with Crippen molar-refractivity contribution in [1.29, 1.82) is 0 Å². The number of carbonyl (C=O) groups excluding carboxylic acids is 1. The number of fused-ring (bicyclic) bond motifs is 1. The van der Waals surface area contributed by atoms with Crippen molar-refractivity contribution < 1.29 is 9.53 Å². The molecule has 1 aromatic carbocycles. The van der Waals surface area contributed by atoms with Gasteiger partial charge in [0.25, 0.3) is 5.56 Å². The van der Waals surface area contributed by atoms with Crippen LogP contribution in [0.2, 0.25) is 0 Å². The molecule has 2 rings (SSSR count). The van der Waals surface area contributed by atoms with Gasteiger partial charge >= 0.3 is 0 Å². The van der Waals surface area contributed by atoms with E-state index in [1.807, 2.05) is 19.1 Å². The number of ketones is 1. The Bertz CT molecular complexity index is 671. The second kappa shape index (κ2) is 4.64. The Kier molecular flexibility index (Phi) is 3.19. The second-order valence-electron chi connectivity index (χ2n) is 4.43. The Morgan fingerprint density at radius 3 is 2.67 bits per heavy atom. The zero-order chi connectivity index (χ0) is 13.3. The molecule has 0 atom stereocenters. The summed E-state index contributed by atoms with van der Waals surface area (Å²) in [7, 11) is 1.57. The average Bonchev–Trinajstić information content (AvgIpc) is 2.29. The molecule has 1 heterocycles. The smallest absolute Gasteiger partial charge is 0.252 e. The number of aryl methyl sites for hydroxylation is 1. The summed E-state index contributed by atoms with van der Waals surface area (Å²) < 4.78 is 5.25. The van der Waals surface area contributed by atoms with Crippen LogP contribution in [0.1, 0.15) is 18.1 Å². The lowest BCUT2D eigenvalue weighted by Crippen LogP contribution is -2.15. The number of rotatable bonds is 3. The Morgan fingerprint density at radius 1 is 1.33 bits per heavy atom. The molecule has 0 unspecified atom stereocenters. The minimum Gasteiger partial charge on any atom is -0.495 e. The summed E-state index contributed by atoms with van der Waals surface area (Å²) in [5, 5.41) is 0.878. The predicted octanol–water partition coefficient (Wildman–Crippen LogP) is 1.98. The molecule has 0 fully saturated rings. The molecule has 0 amide bonds. The van der Waals surface area contributed by atoms with Crippen LogP contribution in [0.15, 0.2) is 23.0 Å². The number of methoxy groups -OCH3 is 1. The standard InChI is InChI=1S/C14H15NO3/c1-8-4-10-7-11(6-9(2)16)14(17)15-13(10)12(5-8)18-3/h4-5,7H,6H2,1-3H3,(H,15,17).